The summed E-state index contributed by atoms with van der Waals surface area (Å²) in [5.74, 6) is 0. The Morgan fingerprint density at radius 2 is 1.62 bits per heavy atom. The Morgan fingerprint density at radius 3 is 2.00 bits per heavy atom. The number of aliphatic hydroxyl groups excluding tert-OH is 1. The van der Waals surface area contributed by atoms with E-state index in [4.69, 9.17) is 25.8 Å². The second-order valence-electron chi connectivity index (χ2n) is 1.98. The number of nitrogens with two attached hydrogens (primary N) is 1. The maximum atomic E-state index is 8.56. The lowest BCUT2D eigenvalue weighted by Crippen LogP contribution is -2.30. The second kappa shape index (κ2) is 13.7. The predicted octanol–water partition coefficient (Wildman–Crippen LogP) is -1.70. The van der Waals surface area contributed by atoms with Crippen molar-refractivity contribution in [1.29, 1.82) is 0 Å². The molecule has 0 radical (unpaired) electrons. The van der Waals surface area contributed by atoms with E-state index < -0.39 is 6.16 Å². The molecule has 80 valence electrons. The molecule has 0 atom stereocenters. The van der Waals surface area contributed by atoms with Crippen LogP contribution in [0.15, 0.2) is 0 Å². The number of hydrogen-bond donors (Lipinski definition) is 6. The van der Waals surface area contributed by atoms with Gasteiger partial charge in [0.1, 0.15) is 0 Å². The van der Waals surface area contributed by atoms with Crippen LogP contribution in [0.25, 0.3) is 0 Å². The molecular formula is C6H17N3O4. The van der Waals surface area contributed by atoms with Crippen molar-refractivity contribution in [3.63, 3.8) is 0 Å². The van der Waals surface area contributed by atoms with E-state index in [-0.39, 0.29) is 6.73 Å². The Morgan fingerprint density at radius 1 is 1.15 bits per heavy atom. The van der Waals surface area contributed by atoms with Crippen molar-refractivity contribution in [3.8, 4) is 0 Å². The second-order valence-corrected chi connectivity index (χ2v) is 1.98. The first-order valence-electron chi connectivity index (χ1n) is 3.79. The molecule has 0 unspecified atom stereocenters. The van der Waals surface area contributed by atoms with Gasteiger partial charge in [-0.15, -0.1) is 0 Å². The third kappa shape index (κ3) is 35.3. The fourth-order valence-corrected chi connectivity index (χ4v) is 0.483. The fourth-order valence-electron chi connectivity index (χ4n) is 0.483. The standard InChI is InChI=1S/C5H15N3O.CH2O3/c6-1-2-7-3-4-8-5-9;2-1(3)4/h7-9H,1-6H2;(H2,2,3,4). The largest absolute Gasteiger partial charge is 0.503 e. The summed E-state index contributed by atoms with van der Waals surface area (Å²) in [6, 6.07) is 0. The van der Waals surface area contributed by atoms with Gasteiger partial charge in [-0.2, -0.15) is 0 Å². The van der Waals surface area contributed by atoms with Crippen molar-refractivity contribution in [3.05, 3.63) is 0 Å². The molecule has 7 nitrogen and oxygen atoms in total. The molecule has 0 saturated heterocycles. The number of rotatable bonds is 6. The lowest BCUT2D eigenvalue weighted by molar-refractivity contribution is 0.137. The SMILES string of the molecule is NCCNCCNCO.O=C(O)O. The van der Waals surface area contributed by atoms with Gasteiger partial charge in [-0.25, -0.2) is 4.79 Å². The van der Waals surface area contributed by atoms with Crippen molar-refractivity contribution in [2.75, 3.05) is 32.9 Å². The molecule has 0 aromatic carbocycles. The predicted molar refractivity (Wildman–Crippen MR) is 47.7 cm³/mol. The van der Waals surface area contributed by atoms with E-state index in [1.165, 1.54) is 0 Å². The van der Waals surface area contributed by atoms with E-state index in [1.807, 2.05) is 0 Å². The third-order valence-corrected chi connectivity index (χ3v) is 0.911. The highest BCUT2D eigenvalue weighted by Gasteiger charge is 1.82. The Balaban J connectivity index is 0. The first kappa shape index (κ1) is 14.6. The number of aliphatic hydroxyl groups is 1. The van der Waals surface area contributed by atoms with Gasteiger partial charge in [-0.3, -0.25) is 5.32 Å². The van der Waals surface area contributed by atoms with Crippen LogP contribution < -0.4 is 16.4 Å². The number of nitrogens with one attached hydrogen (secondary N) is 2. The van der Waals surface area contributed by atoms with Crippen LogP contribution in [-0.2, 0) is 0 Å². The van der Waals surface area contributed by atoms with Crippen molar-refractivity contribution >= 4 is 6.16 Å². The zero-order valence-electron chi connectivity index (χ0n) is 7.36. The van der Waals surface area contributed by atoms with E-state index in [9.17, 15) is 0 Å². The minimum Gasteiger partial charge on any atom is -0.450 e. The van der Waals surface area contributed by atoms with E-state index in [1.54, 1.807) is 0 Å². The normalized spacial score (nSPS) is 8.77. The minimum absolute atomic E-state index is 0.0459. The maximum absolute atomic E-state index is 8.56. The van der Waals surface area contributed by atoms with Crippen molar-refractivity contribution in [2.24, 2.45) is 5.73 Å². The molecule has 0 saturated carbocycles. The molecule has 0 amide bonds. The van der Waals surface area contributed by atoms with Gasteiger partial charge in [-0.05, 0) is 0 Å². The Kier molecular flexibility index (Phi) is 15.4. The van der Waals surface area contributed by atoms with Crippen LogP contribution >= 0.6 is 0 Å². The molecule has 0 bridgehead atoms. The summed E-state index contributed by atoms with van der Waals surface area (Å²) in [6.07, 6.45) is -1.83. The summed E-state index contributed by atoms with van der Waals surface area (Å²) in [4.78, 5) is 8.56. The zero-order valence-corrected chi connectivity index (χ0v) is 7.36. The molecular weight excluding hydrogens is 178 g/mol. The average Bonchev–Trinajstić information content (AvgIpc) is 2.03. The molecule has 0 aromatic heterocycles. The summed E-state index contributed by atoms with van der Waals surface area (Å²) in [7, 11) is 0. The highest BCUT2D eigenvalue weighted by atomic mass is 16.6. The lowest BCUT2D eigenvalue weighted by atomic mass is 10.5. The molecule has 0 aliphatic carbocycles. The smallest absolute Gasteiger partial charge is 0.450 e. The number of carboxylic acid groups (broad SMARTS) is 2. The lowest BCUT2D eigenvalue weighted by Gasteiger charge is -2.01. The Bertz CT molecular complexity index is 102. The van der Waals surface area contributed by atoms with Gasteiger partial charge < -0.3 is 26.4 Å². The molecule has 0 rings (SSSR count). The Hall–Kier alpha value is -0.890. The van der Waals surface area contributed by atoms with Crippen LogP contribution in [0.5, 0.6) is 0 Å². The van der Waals surface area contributed by atoms with Crippen LogP contribution in [-0.4, -0.2) is 54.4 Å². The van der Waals surface area contributed by atoms with Gasteiger partial charge in [-0.1, -0.05) is 0 Å². The van der Waals surface area contributed by atoms with Crippen LogP contribution in [0.4, 0.5) is 4.79 Å². The van der Waals surface area contributed by atoms with E-state index >= 15 is 0 Å². The van der Waals surface area contributed by atoms with Crippen LogP contribution in [0.2, 0.25) is 0 Å². The summed E-state index contributed by atoms with van der Waals surface area (Å²) in [5.41, 5.74) is 5.21. The van der Waals surface area contributed by atoms with Gasteiger partial charge in [0.2, 0.25) is 0 Å². The molecule has 0 fully saturated rings. The minimum atomic E-state index is -1.83. The molecule has 7 N–H and O–H groups in total. The number of carbonyl (C=O) groups is 1. The molecule has 7 heteroatoms. The molecule has 0 aliphatic rings. The van der Waals surface area contributed by atoms with Crippen LogP contribution in [0, 0.1) is 0 Å². The van der Waals surface area contributed by atoms with Crippen LogP contribution in [0.1, 0.15) is 0 Å². The van der Waals surface area contributed by atoms with E-state index in [2.05, 4.69) is 10.6 Å². The van der Waals surface area contributed by atoms with Gasteiger partial charge in [0.25, 0.3) is 0 Å². The summed E-state index contributed by atoms with van der Waals surface area (Å²) < 4.78 is 0. The van der Waals surface area contributed by atoms with Gasteiger partial charge in [0, 0.05) is 26.2 Å². The average molecular weight is 195 g/mol. The Labute approximate surface area is 76.6 Å². The highest BCUT2D eigenvalue weighted by Crippen LogP contribution is 1.55. The molecule has 0 aliphatic heterocycles. The quantitative estimate of drug-likeness (QED) is 0.220. The van der Waals surface area contributed by atoms with Gasteiger partial charge >= 0.3 is 6.16 Å². The molecule has 0 aromatic rings. The first-order chi connectivity index (χ1) is 6.15. The molecule has 0 heterocycles. The third-order valence-electron chi connectivity index (χ3n) is 0.911. The summed E-state index contributed by atoms with van der Waals surface area (Å²) in [6.45, 7) is 3.20. The summed E-state index contributed by atoms with van der Waals surface area (Å²) >= 11 is 0. The fraction of sp³-hybridized carbons (Fsp3) is 0.833. The van der Waals surface area contributed by atoms with Crippen molar-refractivity contribution in [1.82, 2.24) is 10.6 Å². The van der Waals surface area contributed by atoms with Gasteiger partial charge in [0.05, 0.1) is 6.73 Å². The number of hydrogen-bond acceptors (Lipinski definition) is 5. The monoisotopic (exact) mass is 195 g/mol. The van der Waals surface area contributed by atoms with E-state index in [0.29, 0.717) is 6.54 Å². The van der Waals surface area contributed by atoms with Crippen molar-refractivity contribution in [2.45, 2.75) is 0 Å². The first-order valence-corrected chi connectivity index (χ1v) is 3.79. The zero-order chi connectivity index (χ0) is 10.5. The maximum Gasteiger partial charge on any atom is 0.503 e. The highest BCUT2D eigenvalue weighted by molar-refractivity contribution is 5.53. The van der Waals surface area contributed by atoms with Crippen LogP contribution in [0.3, 0.4) is 0 Å². The molecule has 13 heavy (non-hydrogen) atoms. The molecule has 0 spiro atoms. The van der Waals surface area contributed by atoms with E-state index in [0.717, 1.165) is 19.6 Å². The van der Waals surface area contributed by atoms with Crippen molar-refractivity contribution < 1.29 is 20.1 Å². The topological polar surface area (TPSA) is 128 Å². The summed E-state index contributed by atoms with van der Waals surface area (Å²) in [5, 5.41) is 28.0. The van der Waals surface area contributed by atoms with Gasteiger partial charge in [0.15, 0.2) is 0 Å².